The van der Waals surface area contributed by atoms with E-state index in [1.54, 1.807) is 36.4 Å². The van der Waals surface area contributed by atoms with Crippen LogP contribution < -0.4 is 42.5 Å². The Balaban J connectivity index is 1.31. The first kappa shape index (κ1) is 44.7. The van der Waals surface area contributed by atoms with E-state index in [9.17, 15) is 24.0 Å². The van der Waals surface area contributed by atoms with Crippen LogP contribution in [0.1, 0.15) is 71.6 Å². The third-order valence-corrected chi connectivity index (χ3v) is 10.6. The maximum Gasteiger partial charge on any atom is 0.251 e. The number of hydrogen-bond donors (Lipinski definition) is 6. The minimum absolute atomic E-state index is 0.181. The number of unbranched alkanes of at least 4 members (excludes halogenated alkanes) is 1. The summed E-state index contributed by atoms with van der Waals surface area (Å²) in [6.45, 7) is 4.10. The molecule has 0 aliphatic carbocycles. The Labute approximate surface area is 360 Å². The van der Waals surface area contributed by atoms with Crippen molar-refractivity contribution in [3.05, 3.63) is 136 Å². The summed E-state index contributed by atoms with van der Waals surface area (Å²) < 4.78 is 12.2. The molecule has 62 heavy (non-hydrogen) atoms. The highest BCUT2D eigenvalue weighted by atomic mass is 16.5. The van der Waals surface area contributed by atoms with Gasteiger partial charge in [-0.25, -0.2) is 4.98 Å². The molecule has 3 atom stereocenters. The molecular formula is C47H54N8O7. The van der Waals surface area contributed by atoms with Crippen LogP contribution in [0.15, 0.2) is 102 Å². The lowest BCUT2D eigenvalue weighted by atomic mass is 9.93. The number of rotatable bonds is 15. The zero-order valence-corrected chi connectivity index (χ0v) is 35.2. The van der Waals surface area contributed by atoms with Gasteiger partial charge in [0.25, 0.3) is 11.5 Å². The summed E-state index contributed by atoms with van der Waals surface area (Å²) in [6.07, 6.45) is 4.84. The molecule has 0 saturated heterocycles. The number of nitrogens with two attached hydrogens (primary N) is 2. The molecule has 2 unspecified atom stereocenters. The number of benzene rings is 4. The lowest BCUT2D eigenvalue weighted by Crippen LogP contribution is -2.51. The second-order valence-electron chi connectivity index (χ2n) is 15.1. The minimum Gasteiger partial charge on any atom is -0.492 e. The first-order chi connectivity index (χ1) is 30.0. The van der Waals surface area contributed by atoms with Crippen LogP contribution in [-0.4, -0.2) is 84.4 Å². The van der Waals surface area contributed by atoms with Crippen molar-refractivity contribution in [2.75, 3.05) is 39.9 Å². The summed E-state index contributed by atoms with van der Waals surface area (Å²) in [6, 6.07) is 24.1. The number of nitrogens with one attached hydrogen (secondary N) is 4. The normalized spacial score (nSPS) is 16.3. The summed E-state index contributed by atoms with van der Waals surface area (Å²) in [5, 5.41) is 8.39. The number of aromatic nitrogens is 2. The van der Waals surface area contributed by atoms with E-state index in [1.807, 2.05) is 24.3 Å². The predicted molar refractivity (Wildman–Crippen MR) is 236 cm³/mol. The summed E-state index contributed by atoms with van der Waals surface area (Å²) in [5.41, 5.74) is 17.1. The largest absolute Gasteiger partial charge is 0.492 e. The summed E-state index contributed by atoms with van der Waals surface area (Å²) in [5.74, 6) is -1.16. The number of fused-ring (bicyclic) bond motifs is 5. The van der Waals surface area contributed by atoms with E-state index in [1.165, 1.54) is 36.7 Å². The Bertz CT molecular complexity index is 2420. The number of likely N-dealkylation sites (N-methyl/N-ethyl adjacent to an activating group) is 1. The summed E-state index contributed by atoms with van der Waals surface area (Å²) in [4.78, 5) is 76.1. The fourth-order valence-corrected chi connectivity index (χ4v) is 7.24. The summed E-state index contributed by atoms with van der Waals surface area (Å²) in [7, 11) is 1.46. The van der Waals surface area contributed by atoms with Gasteiger partial charge >= 0.3 is 0 Å². The molecule has 324 valence electrons. The lowest BCUT2D eigenvalue weighted by molar-refractivity contribution is -0.139. The molecule has 0 radical (unpaired) electrons. The van der Waals surface area contributed by atoms with Crippen LogP contribution in [0.25, 0.3) is 22.3 Å². The number of aromatic amines is 1. The number of H-pyrrole nitrogens is 1. The molecule has 4 aromatic carbocycles. The number of carbonyl (C=O) groups excluding carboxylic acids is 4. The second kappa shape index (κ2) is 21.1. The minimum atomic E-state index is -1.29. The maximum atomic E-state index is 14.4. The lowest BCUT2D eigenvalue weighted by Gasteiger charge is -2.30. The summed E-state index contributed by atoms with van der Waals surface area (Å²) >= 11 is 0. The molecule has 4 bridgehead atoms. The van der Waals surface area contributed by atoms with Gasteiger partial charge in [0, 0.05) is 49.1 Å². The fraction of sp³-hybridized carbons (Fsp3) is 0.319. The van der Waals surface area contributed by atoms with Crippen LogP contribution in [0.2, 0.25) is 0 Å². The third kappa shape index (κ3) is 11.1. The van der Waals surface area contributed by atoms with Gasteiger partial charge < -0.3 is 46.8 Å². The van der Waals surface area contributed by atoms with Gasteiger partial charge in [0.1, 0.15) is 42.6 Å². The Kier molecular flexibility index (Phi) is 15.2. The van der Waals surface area contributed by atoms with Gasteiger partial charge in [0.05, 0.1) is 12.6 Å². The van der Waals surface area contributed by atoms with Gasteiger partial charge in [-0.05, 0) is 90.4 Å². The monoisotopic (exact) mass is 842 g/mol. The average molecular weight is 843 g/mol. The molecule has 6 rings (SSSR count). The van der Waals surface area contributed by atoms with E-state index in [2.05, 4.69) is 57.1 Å². The fourth-order valence-electron chi connectivity index (χ4n) is 7.24. The predicted octanol–water partition coefficient (Wildman–Crippen LogP) is 3.97. The maximum absolute atomic E-state index is 14.4. The van der Waals surface area contributed by atoms with E-state index < -0.39 is 53.9 Å². The first-order valence-electron chi connectivity index (χ1n) is 20.8. The van der Waals surface area contributed by atoms with E-state index >= 15 is 0 Å². The highest BCUT2D eigenvalue weighted by Gasteiger charge is 2.33. The molecule has 0 saturated carbocycles. The van der Waals surface area contributed by atoms with Crippen molar-refractivity contribution in [3.8, 4) is 33.8 Å². The number of carbonyl (C=O) groups is 4. The molecule has 1 aromatic heterocycles. The molecule has 0 fully saturated rings. The molecular weight excluding hydrogens is 789 g/mol. The Hall–Kier alpha value is -6.84. The van der Waals surface area contributed by atoms with Crippen LogP contribution in [0.4, 0.5) is 0 Å². The molecule has 8 N–H and O–H groups in total. The smallest absolute Gasteiger partial charge is 0.251 e. The van der Waals surface area contributed by atoms with Crippen molar-refractivity contribution < 1.29 is 28.7 Å². The molecule has 15 nitrogen and oxygen atoms in total. The molecule has 0 spiro atoms. The van der Waals surface area contributed by atoms with Gasteiger partial charge in [-0.15, -0.1) is 0 Å². The molecule has 5 aromatic rings. The van der Waals surface area contributed by atoms with Crippen LogP contribution in [-0.2, 0) is 27.2 Å². The Morgan fingerprint density at radius 2 is 1.47 bits per heavy atom. The van der Waals surface area contributed by atoms with Crippen LogP contribution in [0, 0.1) is 0 Å². The number of aryl methyl sites for hydroxylation is 1. The van der Waals surface area contributed by atoms with Crippen molar-refractivity contribution in [2.45, 2.75) is 57.7 Å². The van der Waals surface area contributed by atoms with Crippen molar-refractivity contribution in [2.24, 2.45) is 11.5 Å². The molecule has 4 amide bonds. The highest BCUT2D eigenvalue weighted by molar-refractivity contribution is 5.98. The SMILES string of the molecule is CCCCc1ccc(-c2ccc(C(=O)NCC(=O)N(C)C3C(=O)N[C@@H](C)C(=O)NC(c4nccc(=O)[nH]4)Cc4ccc(OCCN)c(c4)-c4cc3ccc4OCCN)cc2)cc1. The van der Waals surface area contributed by atoms with Crippen LogP contribution in [0.5, 0.6) is 11.5 Å². The zero-order chi connectivity index (χ0) is 44.2. The van der Waals surface area contributed by atoms with Gasteiger partial charge in [0.15, 0.2) is 0 Å². The standard InChI is InChI=1S/C47H54N8O7/c1-4-5-6-30-7-10-32(11-8-30)33-12-14-34(15-13-33)46(59)51-28-42(57)55(3)43-35-16-18-40(62-24-21-49)37(27-35)36-25-31(9-17-39(36)61-23-20-48)26-38(44-50-22-19-41(56)54-44)53-45(58)29(2)52-47(43)60/h7-19,22,25,27,29,38,43H,4-6,20-21,23-24,26,28,48-49H2,1-3H3,(H,51,59)(H,52,60)(H,53,58)(H,50,54,56)/t29-,38?,43?/m0/s1. The highest BCUT2D eigenvalue weighted by Crippen LogP contribution is 2.40. The zero-order valence-electron chi connectivity index (χ0n) is 35.2. The van der Waals surface area contributed by atoms with Crippen molar-refractivity contribution in [3.63, 3.8) is 0 Å². The van der Waals surface area contributed by atoms with Crippen LogP contribution >= 0.6 is 0 Å². The van der Waals surface area contributed by atoms with E-state index in [0.717, 1.165) is 36.0 Å². The van der Waals surface area contributed by atoms with Crippen molar-refractivity contribution in [1.82, 2.24) is 30.8 Å². The van der Waals surface area contributed by atoms with E-state index in [-0.39, 0.29) is 38.5 Å². The first-order valence-corrected chi connectivity index (χ1v) is 20.8. The van der Waals surface area contributed by atoms with E-state index in [0.29, 0.717) is 33.8 Å². The van der Waals surface area contributed by atoms with Gasteiger partial charge in [-0.2, -0.15) is 0 Å². The van der Waals surface area contributed by atoms with Crippen LogP contribution in [0.3, 0.4) is 0 Å². The molecule has 1 aliphatic heterocycles. The number of nitrogens with zero attached hydrogens (tertiary/aromatic N) is 2. The Morgan fingerprint density at radius 3 is 2.11 bits per heavy atom. The quantitative estimate of drug-likeness (QED) is 0.0890. The Morgan fingerprint density at radius 1 is 0.823 bits per heavy atom. The van der Waals surface area contributed by atoms with Gasteiger partial charge in [-0.1, -0.05) is 61.9 Å². The average Bonchev–Trinajstić information content (AvgIpc) is 3.28. The molecule has 1 aliphatic rings. The van der Waals surface area contributed by atoms with Crippen molar-refractivity contribution >= 4 is 23.6 Å². The van der Waals surface area contributed by atoms with Crippen molar-refractivity contribution in [1.29, 1.82) is 0 Å². The second-order valence-corrected chi connectivity index (χ2v) is 15.1. The van der Waals surface area contributed by atoms with E-state index in [4.69, 9.17) is 20.9 Å². The number of hydrogen-bond acceptors (Lipinski definition) is 10. The number of ether oxygens (including phenoxy) is 2. The molecule has 15 heteroatoms. The van der Waals surface area contributed by atoms with Gasteiger partial charge in [0.2, 0.25) is 17.7 Å². The topological polar surface area (TPSA) is 224 Å². The van der Waals surface area contributed by atoms with Gasteiger partial charge in [-0.3, -0.25) is 24.0 Å². The third-order valence-electron chi connectivity index (χ3n) is 10.6. The molecule has 2 heterocycles. The number of amides is 4.